The van der Waals surface area contributed by atoms with Gasteiger partial charge in [0.05, 0.1) is 0 Å². The van der Waals surface area contributed by atoms with Crippen molar-refractivity contribution in [2.75, 3.05) is 23.9 Å². The summed E-state index contributed by atoms with van der Waals surface area (Å²) in [6.07, 6.45) is 11.4. The van der Waals surface area contributed by atoms with Gasteiger partial charge in [-0.25, -0.2) is 0 Å². The first kappa shape index (κ1) is 16.2. The lowest BCUT2D eigenvalue weighted by Gasteiger charge is -2.27. The molecule has 0 amide bonds. The van der Waals surface area contributed by atoms with Gasteiger partial charge in [-0.15, -0.1) is 0 Å². The quantitative estimate of drug-likeness (QED) is 0.744. The molecule has 0 aliphatic carbocycles. The van der Waals surface area contributed by atoms with Crippen molar-refractivity contribution in [3.05, 3.63) is 95.4 Å². The number of para-hydroxylation sites is 2. The molecule has 2 aliphatic heterocycles. The van der Waals surface area contributed by atoms with Gasteiger partial charge in [0.25, 0.3) is 0 Å². The van der Waals surface area contributed by atoms with Crippen molar-refractivity contribution >= 4 is 29.3 Å². The van der Waals surface area contributed by atoms with Crippen LogP contribution in [0.3, 0.4) is 0 Å². The Hall–Kier alpha value is -3.33. The third-order valence-electron chi connectivity index (χ3n) is 4.82. The molecule has 2 aromatic carbocycles. The number of carbonyl (C=O) groups is 1. The van der Waals surface area contributed by atoms with Crippen molar-refractivity contribution in [1.82, 2.24) is 0 Å². The molecule has 2 aromatic rings. The van der Waals surface area contributed by atoms with Crippen LogP contribution in [0.1, 0.15) is 11.1 Å². The smallest absolute Gasteiger partial charge is 0.182 e. The third kappa shape index (κ3) is 2.88. The second-order valence-electron chi connectivity index (χ2n) is 6.44. The van der Waals surface area contributed by atoms with Gasteiger partial charge in [-0.2, -0.15) is 0 Å². The second kappa shape index (κ2) is 6.52. The number of hydrogen-bond acceptors (Lipinski definition) is 3. The zero-order valence-electron chi connectivity index (χ0n) is 14.9. The Morgan fingerprint density at radius 3 is 1.58 bits per heavy atom. The summed E-state index contributed by atoms with van der Waals surface area (Å²) in [5, 5.41) is 0. The SMILES string of the molecule is CN1C(=CC(=O)C=C2C=Cc3ccccc3N2C)C=Cc2ccccc21. The standard InChI is InChI=1S/C23H20N2O/c1-24-19(13-11-17-7-3-5-9-22(17)24)15-21(26)16-20-14-12-18-8-4-6-10-23(18)25(20)2/h3-16H,1-2H3. The molecule has 26 heavy (non-hydrogen) atoms. The topological polar surface area (TPSA) is 23.6 Å². The summed E-state index contributed by atoms with van der Waals surface area (Å²) in [7, 11) is 3.97. The molecular weight excluding hydrogens is 320 g/mol. The fourth-order valence-electron chi connectivity index (χ4n) is 3.34. The number of ketones is 1. The number of fused-ring (bicyclic) bond motifs is 2. The number of rotatable bonds is 2. The Labute approximate surface area is 153 Å². The predicted octanol–water partition coefficient (Wildman–Crippen LogP) is 4.65. The lowest BCUT2D eigenvalue weighted by Crippen LogP contribution is -2.21. The Bertz CT molecular complexity index is 915. The van der Waals surface area contributed by atoms with E-state index >= 15 is 0 Å². The van der Waals surface area contributed by atoms with Crippen molar-refractivity contribution in [3.63, 3.8) is 0 Å². The normalized spacial score (nSPS) is 18.2. The van der Waals surface area contributed by atoms with Crippen LogP contribution in [0.4, 0.5) is 11.4 Å². The first-order chi connectivity index (χ1) is 12.6. The molecule has 0 atom stereocenters. The zero-order valence-corrected chi connectivity index (χ0v) is 14.9. The van der Waals surface area contributed by atoms with Crippen molar-refractivity contribution in [3.8, 4) is 0 Å². The van der Waals surface area contributed by atoms with Gasteiger partial charge in [-0.05, 0) is 35.4 Å². The van der Waals surface area contributed by atoms with Gasteiger partial charge in [-0.3, -0.25) is 4.79 Å². The lowest BCUT2D eigenvalue weighted by atomic mass is 10.0. The molecule has 0 saturated heterocycles. The van der Waals surface area contributed by atoms with Gasteiger partial charge in [0.15, 0.2) is 5.78 Å². The van der Waals surface area contributed by atoms with E-state index in [0.29, 0.717) is 0 Å². The van der Waals surface area contributed by atoms with Crippen LogP contribution < -0.4 is 9.80 Å². The van der Waals surface area contributed by atoms with Crippen LogP contribution in [0.25, 0.3) is 12.2 Å². The number of likely N-dealkylation sites (N-methyl/N-ethyl adjacent to an activating group) is 2. The largest absolute Gasteiger partial charge is 0.344 e. The summed E-state index contributed by atoms with van der Waals surface area (Å²) in [6.45, 7) is 0. The molecule has 3 heteroatoms. The van der Waals surface area contributed by atoms with E-state index < -0.39 is 0 Å². The number of carbonyl (C=O) groups excluding carboxylic acids is 1. The van der Waals surface area contributed by atoms with Gasteiger partial charge >= 0.3 is 0 Å². The number of allylic oxidation sites excluding steroid dienone is 4. The van der Waals surface area contributed by atoms with Gasteiger partial charge in [0, 0.05) is 49.0 Å². The minimum Gasteiger partial charge on any atom is -0.344 e. The summed E-state index contributed by atoms with van der Waals surface area (Å²) < 4.78 is 0. The first-order valence-corrected chi connectivity index (χ1v) is 8.62. The lowest BCUT2D eigenvalue weighted by molar-refractivity contribution is -0.110. The van der Waals surface area contributed by atoms with Gasteiger partial charge in [0.2, 0.25) is 0 Å². The molecule has 3 nitrogen and oxygen atoms in total. The average molecular weight is 340 g/mol. The predicted molar refractivity (Wildman–Crippen MR) is 109 cm³/mol. The molecule has 0 unspecified atom stereocenters. The Balaban J connectivity index is 1.60. The van der Waals surface area contributed by atoms with Crippen molar-refractivity contribution in [2.24, 2.45) is 0 Å². The molecule has 0 fully saturated rings. The van der Waals surface area contributed by atoms with Crippen LogP contribution in [0.2, 0.25) is 0 Å². The van der Waals surface area contributed by atoms with E-state index in [9.17, 15) is 4.79 Å². The summed E-state index contributed by atoms with van der Waals surface area (Å²) in [5.74, 6) is -0.0261. The molecule has 128 valence electrons. The van der Waals surface area contributed by atoms with E-state index in [4.69, 9.17) is 0 Å². The van der Waals surface area contributed by atoms with Crippen molar-refractivity contribution in [1.29, 1.82) is 0 Å². The molecule has 2 aliphatic rings. The molecule has 0 N–H and O–H groups in total. The van der Waals surface area contributed by atoms with Crippen LogP contribution in [0.15, 0.2) is 84.2 Å². The van der Waals surface area contributed by atoms with Gasteiger partial charge < -0.3 is 9.80 Å². The molecule has 2 heterocycles. The number of anilines is 2. The highest BCUT2D eigenvalue weighted by molar-refractivity contribution is 6.02. The molecule has 0 bridgehead atoms. The van der Waals surface area contributed by atoms with Crippen LogP contribution >= 0.6 is 0 Å². The highest BCUT2D eigenvalue weighted by Crippen LogP contribution is 2.30. The minimum absolute atomic E-state index is 0.0261. The molecule has 0 aromatic heterocycles. The summed E-state index contributed by atoms with van der Waals surface area (Å²) >= 11 is 0. The molecular formula is C23H20N2O. The second-order valence-corrected chi connectivity index (χ2v) is 6.44. The molecule has 0 saturated carbocycles. The molecule has 0 spiro atoms. The van der Waals surface area contributed by atoms with Crippen LogP contribution in [0.5, 0.6) is 0 Å². The van der Waals surface area contributed by atoms with Crippen LogP contribution in [-0.4, -0.2) is 19.9 Å². The molecule has 4 rings (SSSR count). The monoisotopic (exact) mass is 340 g/mol. The van der Waals surface area contributed by atoms with Gasteiger partial charge in [0.1, 0.15) is 0 Å². The van der Waals surface area contributed by atoms with E-state index in [2.05, 4.69) is 24.3 Å². The maximum Gasteiger partial charge on any atom is 0.182 e. The van der Waals surface area contributed by atoms with Crippen molar-refractivity contribution in [2.45, 2.75) is 0 Å². The van der Waals surface area contributed by atoms with Crippen LogP contribution in [-0.2, 0) is 4.79 Å². The summed E-state index contributed by atoms with van der Waals surface area (Å²) in [6, 6.07) is 16.3. The highest BCUT2D eigenvalue weighted by atomic mass is 16.1. The summed E-state index contributed by atoms with van der Waals surface area (Å²) in [5.41, 5.74) is 6.28. The van der Waals surface area contributed by atoms with E-state index in [-0.39, 0.29) is 5.78 Å². The number of benzene rings is 2. The van der Waals surface area contributed by atoms with Crippen LogP contribution in [0, 0.1) is 0 Å². The highest BCUT2D eigenvalue weighted by Gasteiger charge is 2.16. The fourth-order valence-corrected chi connectivity index (χ4v) is 3.34. The van der Waals surface area contributed by atoms with E-state index in [0.717, 1.165) is 33.9 Å². The van der Waals surface area contributed by atoms with E-state index in [1.165, 1.54) is 0 Å². The Kier molecular flexibility index (Phi) is 4.05. The molecule has 0 radical (unpaired) electrons. The fraction of sp³-hybridized carbons (Fsp3) is 0.0870. The third-order valence-corrected chi connectivity index (χ3v) is 4.82. The van der Waals surface area contributed by atoms with Gasteiger partial charge in [-0.1, -0.05) is 48.6 Å². The maximum absolute atomic E-state index is 12.6. The maximum atomic E-state index is 12.6. The zero-order chi connectivity index (χ0) is 18.1. The number of hydrogen-bond donors (Lipinski definition) is 0. The van der Waals surface area contributed by atoms with E-state index in [1.54, 1.807) is 12.2 Å². The number of nitrogens with zero attached hydrogens (tertiary/aromatic N) is 2. The average Bonchev–Trinajstić information content (AvgIpc) is 2.67. The van der Waals surface area contributed by atoms with Crippen molar-refractivity contribution < 1.29 is 4.79 Å². The summed E-state index contributed by atoms with van der Waals surface area (Å²) in [4.78, 5) is 16.7. The first-order valence-electron chi connectivity index (χ1n) is 8.62. The Morgan fingerprint density at radius 2 is 1.12 bits per heavy atom. The minimum atomic E-state index is -0.0261. The Morgan fingerprint density at radius 1 is 0.692 bits per heavy atom. The van der Waals surface area contributed by atoms with E-state index in [1.807, 2.05) is 72.5 Å².